The van der Waals surface area contributed by atoms with E-state index in [1.165, 1.54) is 12.8 Å². The minimum Gasteiger partial charge on any atom is -0.479 e. The highest BCUT2D eigenvalue weighted by Gasteiger charge is 2.46. The van der Waals surface area contributed by atoms with Crippen molar-refractivity contribution in [3.8, 4) is 0 Å². The van der Waals surface area contributed by atoms with Crippen LogP contribution in [-0.4, -0.2) is 23.8 Å². The van der Waals surface area contributed by atoms with Crippen molar-refractivity contribution in [1.82, 2.24) is 0 Å². The predicted molar refractivity (Wildman–Crippen MR) is 38.3 cm³/mol. The molecule has 1 heterocycles. The van der Waals surface area contributed by atoms with Crippen LogP contribution in [-0.2, 0) is 9.53 Å². The standard InChI is InChI=1S/C8H12O3/c9-7(10)6-1-2-8(3-4-8)5-11-6/h6H,1-5H2,(H,9,10). The van der Waals surface area contributed by atoms with E-state index in [1.807, 2.05) is 0 Å². The first-order valence-electron chi connectivity index (χ1n) is 4.06. The third-order valence-electron chi connectivity index (χ3n) is 2.76. The third kappa shape index (κ3) is 1.25. The maximum atomic E-state index is 10.5. The lowest BCUT2D eigenvalue weighted by Crippen LogP contribution is -2.32. The summed E-state index contributed by atoms with van der Waals surface area (Å²) in [6.07, 6.45) is 3.69. The quantitative estimate of drug-likeness (QED) is 0.616. The summed E-state index contributed by atoms with van der Waals surface area (Å²) in [6.45, 7) is 0.671. The molecular weight excluding hydrogens is 144 g/mol. The molecule has 1 saturated carbocycles. The molecule has 1 spiro atoms. The zero-order chi connectivity index (χ0) is 7.90. The van der Waals surface area contributed by atoms with E-state index in [0.717, 1.165) is 6.42 Å². The summed E-state index contributed by atoms with van der Waals surface area (Å²) in [5.41, 5.74) is 0.409. The molecule has 0 radical (unpaired) electrons. The average Bonchev–Trinajstić information content (AvgIpc) is 2.70. The van der Waals surface area contributed by atoms with E-state index < -0.39 is 12.1 Å². The second kappa shape index (κ2) is 2.21. The summed E-state index contributed by atoms with van der Waals surface area (Å²) >= 11 is 0. The summed E-state index contributed by atoms with van der Waals surface area (Å²) in [6, 6.07) is 0. The van der Waals surface area contributed by atoms with Crippen molar-refractivity contribution in [2.24, 2.45) is 5.41 Å². The maximum absolute atomic E-state index is 10.5. The molecule has 0 bridgehead atoms. The topological polar surface area (TPSA) is 46.5 Å². The number of carboxylic acid groups (broad SMARTS) is 1. The third-order valence-corrected chi connectivity index (χ3v) is 2.76. The normalized spacial score (nSPS) is 33.6. The van der Waals surface area contributed by atoms with Gasteiger partial charge in [-0.3, -0.25) is 0 Å². The van der Waals surface area contributed by atoms with Gasteiger partial charge in [0.15, 0.2) is 6.10 Å². The molecule has 1 saturated heterocycles. The Morgan fingerprint density at radius 2 is 2.18 bits per heavy atom. The highest BCUT2D eigenvalue weighted by atomic mass is 16.5. The lowest BCUT2D eigenvalue weighted by atomic mass is 9.96. The van der Waals surface area contributed by atoms with Gasteiger partial charge in [0, 0.05) is 0 Å². The van der Waals surface area contributed by atoms with Crippen molar-refractivity contribution in [1.29, 1.82) is 0 Å². The zero-order valence-electron chi connectivity index (χ0n) is 6.38. The molecular formula is C8H12O3. The van der Waals surface area contributed by atoms with Crippen molar-refractivity contribution in [2.45, 2.75) is 31.8 Å². The number of carboxylic acids is 1. The van der Waals surface area contributed by atoms with Gasteiger partial charge < -0.3 is 9.84 Å². The number of aliphatic carboxylic acids is 1. The molecule has 0 amide bonds. The van der Waals surface area contributed by atoms with Crippen LogP contribution in [0.1, 0.15) is 25.7 Å². The molecule has 0 aromatic rings. The second-order valence-electron chi connectivity index (χ2n) is 3.68. The van der Waals surface area contributed by atoms with Gasteiger partial charge in [0.05, 0.1) is 6.61 Å². The van der Waals surface area contributed by atoms with Crippen LogP contribution < -0.4 is 0 Å². The molecule has 11 heavy (non-hydrogen) atoms. The van der Waals surface area contributed by atoms with Gasteiger partial charge >= 0.3 is 5.97 Å². The molecule has 2 rings (SSSR count). The van der Waals surface area contributed by atoms with Crippen LogP contribution in [0.15, 0.2) is 0 Å². The summed E-state index contributed by atoms with van der Waals surface area (Å²) in [5.74, 6) is -0.805. The van der Waals surface area contributed by atoms with Crippen molar-refractivity contribution in [3.63, 3.8) is 0 Å². The molecule has 0 aromatic carbocycles. The molecule has 1 unspecified atom stereocenters. The highest BCUT2D eigenvalue weighted by molar-refractivity contribution is 5.72. The number of ether oxygens (including phenoxy) is 1. The summed E-state index contributed by atoms with van der Waals surface area (Å²) in [7, 11) is 0. The SMILES string of the molecule is O=C(O)C1CCC2(CC2)CO1. The van der Waals surface area contributed by atoms with Gasteiger partial charge in [-0.25, -0.2) is 4.79 Å². The smallest absolute Gasteiger partial charge is 0.332 e. The first-order chi connectivity index (χ1) is 5.22. The van der Waals surface area contributed by atoms with Gasteiger partial charge in [-0.15, -0.1) is 0 Å². The monoisotopic (exact) mass is 156 g/mol. The second-order valence-corrected chi connectivity index (χ2v) is 3.68. The molecule has 0 aromatic heterocycles. The Morgan fingerprint density at radius 1 is 1.45 bits per heavy atom. The van der Waals surface area contributed by atoms with Crippen LogP contribution in [0.25, 0.3) is 0 Å². The Hall–Kier alpha value is -0.570. The van der Waals surface area contributed by atoms with Gasteiger partial charge in [0.2, 0.25) is 0 Å². The molecule has 3 heteroatoms. The van der Waals surface area contributed by atoms with Gasteiger partial charge in [-0.2, -0.15) is 0 Å². The van der Waals surface area contributed by atoms with Crippen LogP contribution in [0, 0.1) is 5.41 Å². The van der Waals surface area contributed by atoms with Gasteiger partial charge in [-0.05, 0) is 31.1 Å². The summed E-state index contributed by atoms with van der Waals surface area (Å²) in [5, 5.41) is 8.60. The lowest BCUT2D eigenvalue weighted by Gasteiger charge is -2.26. The van der Waals surface area contributed by atoms with Crippen LogP contribution in [0.3, 0.4) is 0 Å². The maximum Gasteiger partial charge on any atom is 0.332 e. The van der Waals surface area contributed by atoms with E-state index in [2.05, 4.69) is 0 Å². The Kier molecular flexibility index (Phi) is 1.42. The van der Waals surface area contributed by atoms with E-state index in [4.69, 9.17) is 9.84 Å². The van der Waals surface area contributed by atoms with Crippen LogP contribution in [0.5, 0.6) is 0 Å². The Balaban J connectivity index is 1.89. The lowest BCUT2D eigenvalue weighted by molar-refractivity contribution is -0.155. The molecule has 2 fully saturated rings. The minimum absolute atomic E-state index is 0.409. The average molecular weight is 156 g/mol. The first-order valence-corrected chi connectivity index (χ1v) is 4.06. The van der Waals surface area contributed by atoms with Crippen LogP contribution >= 0.6 is 0 Å². The van der Waals surface area contributed by atoms with Crippen molar-refractivity contribution in [3.05, 3.63) is 0 Å². The van der Waals surface area contributed by atoms with E-state index in [0.29, 0.717) is 18.4 Å². The minimum atomic E-state index is -0.805. The fourth-order valence-electron chi connectivity index (χ4n) is 1.64. The number of hydrogen-bond acceptors (Lipinski definition) is 2. The molecule has 1 N–H and O–H groups in total. The number of rotatable bonds is 1. The first kappa shape index (κ1) is 7.10. The Bertz CT molecular complexity index is 174. The van der Waals surface area contributed by atoms with E-state index in [-0.39, 0.29) is 0 Å². The number of carbonyl (C=O) groups is 1. The summed E-state index contributed by atoms with van der Waals surface area (Å²) in [4.78, 5) is 10.5. The molecule has 62 valence electrons. The fraction of sp³-hybridized carbons (Fsp3) is 0.875. The predicted octanol–water partition coefficient (Wildman–Crippen LogP) is 1.03. The highest BCUT2D eigenvalue weighted by Crippen LogP contribution is 2.52. The van der Waals surface area contributed by atoms with Crippen molar-refractivity contribution in [2.75, 3.05) is 6.61 Å². The van der Waals surface area contributed by atoms with Gasteiger partial charge in [0.1, 0.15) is 0 Å². The molecule has 3 nitrogen and oxygen atoms in total. The molecule has 2 aliphatic rings. The molecule has 1 aliphatic heterocycles. The van der Waals surface area contributed by atoms with Crippen LogP contribution in [0.4, 0.5) is 0 Å². The van der Waals surface area contributed by atoms with Gasteiger partial charge in [0.25, 0.3) is 0 Å². The Morgan fingerprint density at radius 3 is 2.55 bits per heavy atom. The van der Waals surface area contributed by atoms with Crippen molar-refractivity contribution >= 4 is 5.97 Å². The zero-order valence-corrected chi connectivity index (χ0v) is 6.38. The van der Waals surface area contributed by atoms with Gasteiger partial charge in [-0.1, -0.05) is 0 Å². The van der Waals surface area contributed by atoms with E-state index in [9.17, 15) is 4.79 Å². The van der Waals surface area contributed by atoms with Crippen LogP contribution in [0.2, 0.25) is 0 Å². The van der Waals surface area contributed by atoms with Crippen molar-refractivity contribution < 1.29 is 14.6 Å². The summed E-state index contributed by atoms with van der Waals surface area (Å²) < 4.78 is 5.22. The fourth-order valence-corrected chi connectivity index (χ4v) is 1.64. The van der Waals surface area contributed by atoms with E-state index in [1.54, 1.807) is 0 Å². The molecule has 1 aliphatic carbocycles. The molecule has 1 atom stereocenters. The largest absolute Gasteiger partial charge is 0.479 e. The Labute approximate surface area is 65.4 Å². The number of hydrogen-bond donors (Lipinski definition) is 1. The van der Waals surface area contributed by atoms with E-state index >= 15 is 0 Å².